The van der Waals surface area contributed by atoms with Gasteiger partial charge in [-0.05, 0) is 24.8 Å². The Morgan fingerprint density at radius 3 is 2.63 bits per heavy atom. The lowest BCUT2D eigenvalue weighted by Crippen LogP contribution is -2.18. The second-order valence-electron chi connectivity index (χ2n) is 4.20. The third kappa shape index (κ3) is 6.02. The van der Waals surface area contributed by atoms with Gasteiger partial charge in [0.05, 0.1) is 0 Å². The molecule has 1 aromatic carbocycles. The fourth-order valence-corrected chi connectivity index (χ4v) is 1.68. The minimum absolute atomic E-state index is 0.185. The van der Waals surface area contributed by atoms with E-state index in [2.05, 4.69) is 18.6 Å². The second-order valence-corrected chi connectivity index (χ2v) is 4.20. The van der Waals surface area contributed by atoms with Gasteiger partial charge in [-0.1, -0.05) is 48.0 Å². The fourth-order valence-electron chi connectivity index (χ4n) is 1.68. The average Bonchev–Trinajstić information content (AvgIpc) is 2.44. The molecule has 0 bridgehead atoms. The Morgan fingerprint density at radius 1 is 1.26 bits per heavy atom. The van der Waals surface area contributed by atoms with Crippen LogP contribution in [0.25, 0.3) is 0 Å². The molecule has 1 amide bonds. The van der Waals surface area contributed by atoms with Crippen molar-refractivity contribution in [1.29, 1.82) is 0 Å². The van der Waals surface area contributed by atoms with Crippen molar-refractivity contribution >= 4 is 5.91 Å². The van der Waals surface area contributed by atoms with Gasteiger partial charge in [0.2, 0.25) is 0 Å². The smallest absolute Gasteiger partial charge is 0.270 e. The van der Waals surface area contributed by atoms with E-state index in [9.17, 15) is 4.79 Å². The zero-order valence-corrected chi connectivity index (χ0v) is 11.1. The normalized spacial score (nSPS) is 11.6. The maximum absolute atomic E-state index is 11.3. The Balaban J connectivity index is 2.56. The van der Waals surface area contributed by atoms with Crippen LogP contribution in [0.1, 0.15) is 37.4 Å². The average molecular weight is 258 g/mol. The monoisotopic (exact) mass is 258 g/mol. The summed E-state index contributed by atoms with van der Waals surface area (Å²) < 4.78 is 0. The molecule has 0 heterocycles. The summed E-state index contributed by atoms with van der Waals surface area (Å²) in [5.41, 5.74) is 4.66. The molecule has 1 unspecified atom stereocenters. The molecule has 1 rings (SSSR count). The molecule has 101 valence electrons. The summed E-state index contributed by atoms with van der Waals surface area (Å²) in [5, 5.41) is 0. The van der Waals surface area contributed by atoms with Crippen molar-refractivity contribution in [2.75, 3.05) is 0 Å². The Labute approximate surface area is 114 Å². The molecule has 0 saturated heterocycles. The van der Waals surface area contributed by atoms with Crippen molar-refractivity contribution in [3.05, 3.63) is 61.2 Å². The summed E-state index contributed by atoms with van der Waals surface area (Å²) in [6, 6.07) is 9.80. The summed E-state index contributed by atoms with van der Waals surface area (Å²) in [7, 11) is 0. The number of allylic oxidation sites excluding steroid dienone is 1. The number of amides is 1. The Hall–Kier alpha value is -1.87. The highest BCUT2D eigenvalue weighted by Crippen LogP contribution is 2.22. The summed E-state index contributed by atoms with van der Waals surface area (Å²) >= 11 is 0. The SMILES string of the molecule is C=CCCCC(O[N]C(=O)CC=C)c1ccccc1. The number of unbranched alkanes of at least 4 members (excludes halogenated alkanes) is 1. The number of nitrogens with zero attached hydrogens (tertiary/aromatic N) is 1. The van der Waals surface area contributed by atoms with E-state index in [1.54, 1.807) is 0 Å². The lowest BCUT2D eigenvalue weighted by molar-refractivity contribution is -0.140. The first-order chi connectivity index (χ1) is 9.27. The summed E-state index contributed by atoms with van der Waals surface area (Å²) in [6.45, 7) is 7.20. The second kappa shape index (κ2) is 9.11. The van der Waals surface area contributed by atoms with Crippen molar-refractivity contribution in [2.45, 2.75) is 31.8 Å². The maximum atomic E-state index is 11.3. The molecule has 0 aromatic heterocycles. The molecule has 0 spiro atoms. The third-order valence-corrected chi connectivity index (χ3v) is 2.65. The Morgan fingerprint density at radius 2 is 2.00 bits per heavy atom. The molecule has 3 nitrogen and oxygen atoms in total. The molecule has 0 fully saturated rings. The first-order valence-electron chi connectivity index (χ1n) is 6.44. The van der Waals surface area contributed by atoms with Gasteiger partial charge in [0.15, 0.2) is 0 Å². The van der Waals surface area contributed by atoms with Gasteiger partial charge in [-0.15, -0.1) is 13.2 Å². The summed E-state index contributed by atoms with van der Waals surface area (Å²) in [6.07, 6.45) is 6.10. The van der Waals surface area contributed by atoms with E-state index in [4.69, 9.17) is 4.84 Å². The molecule has 3 heteroatoms. The number of hydroxylamine groups is 1. The van der Waals surface area contributed by atoms with Crippen molar-refractivity contribution < 1.29 is 9.63 Å². The molecule has 19 heavy (non-hydrogen) atoms. The highest BCUT2D eigenvalue weighted by Gasteiger charge is 2.14. The van der Waals surface area contributed by atoms with Gasteiger partial charge in [0, 0.05) is 6.42 Å². The highest BCUT2D eigenvalue weighted by molar-refractivity contribution is 5.75. The minimum atomic E-state index is -0.306. The van der Waals surface area contributed by atoms with Crippen LogP contribution in [0.2, 0.25) is 0 Å². The molecule has 0 aliphatic carbocycles. The molecule has 0 aliphatic heterocycles. The first kappa shape index (κ1) is 15.2. The van der Waals surface area contributed by atoms with Gasteiger partial charge in [0.1, 0.15) is 6.10 Å². The quantitative estimate of drug-likeness (QED) is 0.385. The van der Waals surface area contributed by atoms with Gasteiger partial charge in [-0.3, -0.25) is 4.79 Å². The number of hydrogen-bond acceptors (Lipinski definition) is 2. The van der Waals surface area contributed by atoms with E-state index in [0.717, 1.165) is 24.8 Å². The Kier molecular flexibility index (Phi) is 7.28. The van der Waals surface area contributed by atoms with Crippen LogP contribution in [0, 0.1) is 0 Å². The third-order valence-electron chi connectivity index (χ3n) is 2.65. The lowest BCUT2D eigenvalue weighted by Gasteiger charge is -2.15. The largest absolute Gasteiger partial charge is 0.273 e. The Bertz CT molecular complexity index is 400. The van der Waals surface area contributed by atoms with Crippen molar-refractivity contribution in [1.82, 2.24) is 5.48 Å². The van der Waals surface area contributed by atoms with Crippen LogP contribution < -0.4 is 5.48 Å². The van der Waals surface area contributed by atoms with E-state index in [-0.39, 0.29) is 18.4 Å². The van der Waals surface area contributed by atoms with Crippen molar-refractivity contribution in [3.63, 3.8) is 0 Å². The van der Waals surface area contributed by atoms with Gasteiger partial charge >= 0.3 is 0 Å². The van der Waals surface area contributed by atoms with E-state index in [1.807, 2.05) is 36.4 Å². The molecular formula is C16H20NO2. The first-order valence-corrected chi connectivity index (χ1v) is 6.44. The van der Waals surface area contributed by atoms with Gasteiger partial charge in [0.25, 0.3) is 5.91 Å². The molecular weight excluding hydrogens is 238 g/mol. The predicted octanol–water partition coefficient (Wildman–Crippen LogP) is 3.72. The van der Waals surface area contributed by atoms with E-state index in [0.29, 0.717) is 0 Å². The van der Waals surface area contributed by atoms with Crippen LogP contribution in [0.4, 0.5) is 0 Å². The lowest BCUT2D eigenvalue weighted by atomic mass is 10.0. The van der Waals surface area contributed by atoms with E-state index >= 15 is 0 Å². The standard InChI is InChI=1S/C16H20NO2/c1-3-5-7-13-15(14-11-8-6-9-12-14)19-17-16(18)10-4-2/h3-4,6,8-9,11-12,15H,1-2,5,7,10,13H2. The van der Waals surface area contributed by atoms with Crippen LogP contribution in [0.5, 0.6) is 0 Å². The molecule has 0 saturated carbocycles. The van der Waals surface area contributed by atoms with Gasteiger partial charge in [-0.2, -0.15) is 0 Å². The van der Waals surface area contributed by atoms with Crippen LogP contribution in [0.15, 0.2) is 55.6 Å². The molecule has 1 radical (unpaired) electrons. The summed E-state index contributed by atoms with van der Waals surface area (Å²) in [5.74, 6) is -0.306. The van der Waals surface area contributed by atoms with Crippen LogP contribution in [-0.2, 0) is 9.63 Å². The van der Waals surface area contributed by atoms with Crippen LogP contribution >= 0.6 is 0 Å². The van der Waals surface area contributed by atoms with Crippen LogP contribution in [0.3, 0.4) is 0 Å². The van der Waals surface area contributed by atoms with Crippen molar-refractivity contribution in [2.24, 2.45) is 0 Å². The number of rotatable bonds is 9. The fraction of sp³-hybridized carbons (Fsp3) is 0.312. The zero-order valence-electron chi connectivity index (χ0n) is 11.1. The molecule has 0 aliphatic rings. The van der Waals surface area contributed by atoms with E-state index < -0.39 is 0 Å². The molecule has 1 aromatic rings. The highest BCUT2D eigenvalue weighted by atomic mass is 16.7. The van der Waals surface area contributed by atoms with Crippen LogP contribution in [-0.4, -0.2) is 5.91 Å². The summed E-state index contributed by atoms with van der Waals surface area (Å²) in [4.78, 5) is 16.7. The minimum Gasteiger partial charge on any atom is -0.270 e. The van der Waals surface area contributed by atoms with E-state index in [1.165, 1.54) is 6.08 Å². The van der Waals surface area contributed by atoms with Gasteiger partial charge in [-0.25, -0.2) is 4.84 Å². The number of hydrogen-bond donors (Lipinski definition) is 0. The number of carbonyl (C=O) groups is 1. The topological polar surface area (TPSA) is 40.4 Å². The molecule has 0 N–H and O–H groups in total. The molecule has 1 atom stereocenters. The predicted molar refractivity (Wildman–Crippen MR) is 76.3 cm³/mol. The zero-order chi connectivity index (χ0) is 13.9. The maximum Gasteiger partial charge on any atom is 0.273 e. The number of benzene rings is 1. The van der Waals surface area contributed by atoms with Gasteiger partial charge < -0.3 is 0 Å². The number of carbonyl (C=O) groups excluding carboxylic acids is 1. The van der Waals surface area contributed by atoms with Crippen molar-refractivity contribution in [3.8, 4) is 0 Å².